The minimum atomic E-state index is 0.0410. The number of likely N-dealkylation sites (tertiary alicyclic amines) is 2. The number of carbonyl (C=O) groups is 1. The number of H-pyrrole nitrogens is 1. The molecule has 2 fully saturated rings. The van der Waals surface area contributed by atoms with Crippen molar-refractivity contribution in [3.05, 3.63) is 35.0 Å². The molecule has 0 spiro atoms. The van der Waals surface area contributed by atoms with Crippen LogP contribution in [0.3, 0.4) is 0 Å². The van der Waals surface area contributed by atoms with Gasteiger partial charge in [0.2, 0.25) is 0 Å². The largest absolute Gasteiger partial charge is 0.331 e. The van der Waals surface area contributed by atoms with Gasteiger partial charge in [0.05, 0.1) is 5.52 Å². The number of rotatable bonds is 2. The summed E-state index contributed by atoms with van der Waals surface area (Å²) in [7, 11) is 2.14. The molecule has 2 aliphatic rings. The minimum absolute atomic E-state index is 0.0410. The van der Waals surface area contributed by atoms with Crippen molar-refractivity contribution in [2.45, 2.75) is 25.4 Å². The average molecular weight is 353 g/mol. The van der Waals surface area contributed by atoms with Gasteiger partial charge in [0.15, 0.2) is 5.69 Å². The van der Waals surface area contributed by atoms with Crippen LogP contribution in [-0.4, -0.2) is 63.1 Å². The molecule has 3 aromatic rings. The number of hydrogen-bond acceptors (Lipinski definition) is 5. The van der Waals surface area contributed by atoms with Gasteiger partial charge in [-0.3, -0.25) is 14.8 Å². The molecule has 128 valence electrons. The number of benzene rings is 1. The normalized spacial score (nSPS) is 23.0. The Bertz CT molecular complexity index is 975. The van der Waals surface area contributed by atoms with Crippen LogP contribution in [0.4, 0.5) is 0 Å². The summed E-state index contributed by atoms with van der Waals surface area (Å²) in [5.41, 5.74) is 2.45. The van der Waals surface area contributed by atoms with Crippen molar-refractivity contribution in [1.82, 2.24) is 25.0 Å². The first kappa shape index (κ1) is 15.0. The molecular weight excluding hydrogens is 334 g/mol. The van der Waals surface area contributed by atoms with Gasteiger partial charge in [-0.2, -0.15) is 5.10 Å². The van der Waals surface area contributed by atoms with Crippen LogP contribution in [0, 0.1) is 6.92 Å². The van der Waals surface area contributed by atoms with Crippen LogP contribution in [0.25, 0.3) is 21.5 Å². The molecule has 2 atom stereocenters. The lowest BCUT2D eigenvalue weighted by Crippen LogP contribution is -2.47. The number of fused-ring (bicyclic) bond motifs is 3. The summed E-state index contributed by atoms with van der Waals surface area (Å²) in [6.07, 6.45) is 2.96. The van der Waals surface area contributed by atoms with E-state index in [1.165, 1.54) is 4.88 Å². The molecule has 2 bridgehead atoms. The molecule has 0 unspecified atom stereocenters. The standard InChI is InChI=1S/C18H19N5OS/c1-10-7-19-17(25-10)11-3-4-15-14(5-11)16(21-20-15)18(24)23-9-12-6-13(23)8-22(12)2/h3-5,7,12-13H,6,8-9H2,1-2H3,(H,20,21)/t12-,13-/m0/s1. The van der Waals surface area contributed by atoms with Crippen LogP contribution < -0.4 is 0 Å². The third kappa shape index (κ3) is 2.30. The van der Waals surface area contributed by atoms with E-state index in [1.807, 2.05) is 36.2 Å². The van der Waals surface area contributed by atoms with Crippen molar-refractivity contribution in [1.29, 1.82) is 0 Å². The van der Waals surface area contributed by atoms with Crippen molar-refractivity contribution >= 4 is 28.1 Å². The van der Waals surface area contributed by atoms with E-state index < -0.39 is 0 Å². The predicted molar refractivity (Wildman–Crippen MR) is 97.8 cm³/mol. The number of thiazole rings is 1. The maximum atomic E-state index is 13.1. The lowest BCUT2D eigenvalue weighted by molar-refractivity contribution is 0.0646. The number of likely N-dealkylation sites (N-methyl/N-ethyl adjacent to an activating group) is 1. The maximum Gasteiger partial charge on any atom is 0.275 e. The molecule has 25 heavy (non-hydrogen) atoms. The molecular formula is C18H19N5OS. The quantitative estimate of drug-likeness (QED) is 0.769. The molecule has 0 aliphatic carbocycles. The Labute approximate surface area is 149 Å². The number of nitrogens with one attached hydrogen (secondary N) is 1. The molecule has 1 aromatic carbocycles. The molecule has 5 rings (SSSR count). The molecule has 2 aliphatic heterocycles. The Hall–Kier alpha value is -2.25. The lowest BCUT2D eigenvalue weighted by atomic mass is 10.1. The molecule has 0 radical (unpaired) electrons. The van der Waals surface area contributed by atoms with Crippen molar-refractivity contribution in [2.24, 2.45) is 0 Å². The Balaban J connectivity index is 1.52. The number of piperazine rings is 1. The molecule has 2 saturated heterocycles. The van der Waals surface area contributed by atoms with Crippen LogP contribution in [0.2, 0.25) is 0 Å². The van der Waals surface area contributed by atoms with Crippen molar-refractivity contribution < 1.29 is 4.79 Å². The molecule has 2 aromatic heterocycles. The predicted octanol–water partition coefficient (Wildman–Crippen LogP) is 2.52. The summed E-state index contributed by atoms with van der Waals surface area (Å²) < 4.78 is 0. The molecule has 1 amide bonds. The molecule has 1 N–H and O–H groups in total. The summed E-state index contributed by atoms with van der Waals surface area (Å²) in [6, 6.07) is 6.85. The van der Waals surface area contributed by atoms with Gasteiger partial charge in [0.25, 0.3) is 5.91 Å². The highest BCUT2D eigenvalue weighted by atomic mass is 32.1. The highest BCUT2D eigenvalue weighted by molar-refractivity contribution is 7.14. The van der Waals surface area contributed by atoms with Gasteiger partial charge in [0, 0.05) is 47.2 Å². The van der Waals surface area contributed by atoms with E-state index in [0.717, 1.165) is 41.0 Å². The first-order chi connectivity index (χ1) is 12.1. The first-order valence-corrected chi connectivity index (χ1v) is 9.34. The second-order valence-electron chi connectivity index (χ2n) is 7.05. The fourth-order valence-corrected chi connectivity index (χ4v) is 4.81. The van der Waals surface area contributed by atoms with Gasteiger partial charge in [-0.05, 0) is 38.6 Å². The van der Waals surface area contributed by atoms with Crippen LogP contribution in [0.5, 0.6) is 0 Å². The Morgan fingerprint density at radius 1 is 1.32 bits per heavy atom. The molecule has 0 saturated carbocycles. The van der Waals surface area contributed by atoms with E-state index in [4.69, 9.17) is 0 Å². The zero-order valence-electron chi connectivity index (χ0n) is 14.2. The zero-order chi connectivity index (χ0) is 17.1. The number of aryl methyl sites for hydroxylation is 1. The number of amides is 1. The number of aromatic nitrogens is 3. The second kappa shape index (κ2) is 5.37. The van der Waals surface area contributed by atoms with Gasteiger partial charge in [0.1, 0.15) is 5.01 Å². The molecule has 6 nitrogen and oxygen atoms in total. The SMILES string of the molecule is Cc1cnc(-c2ccc3[nH]nc(C(=O)N4C[C@@H]5C[C@H]4CN5C)c3c2)s1. The summed E-state index contributed by atoms with van der Waals surface area (Å²) >= 11 is 1.66. The van der Waals surface area contributed by atoms with Gasteiger partial charge in [-0.1, -0.05) is 0 Å². The lowest BCUT2D eigenvalue weighted by Gasteiger charge is -2.31. The van der Waals surface area contributed by atoms with E-state index in [0.29, 0.717) is 17.8 Å². The zero-order valence-corrected chi connectivity index (χ0v) is 15.0. The number of aromatic amines is 1. The fourth-order valence-electron chi connectivity index (χ4n) is 4.05. The fraction of sp³-hybridized carbons (Fsp3) is 0.389. The Kier molecular flexibility index (Phi) is 3.23. The molecule has 7 heteroatoms. The van der Waals surface area contributed by atoms with Gasteiger partial charge < -0.3 is 4.90 Å². The van der Waals surface area contributed by atoms with Gasteiger partial charge >= 0.3 is 0 Å². The number of carbonyl (C=O) groups excluding carboxylic acids is 1. The topological polar surface area (TPSA) is 65.1 Å². The van der Waals surface area contributed by atoms with E-state index in [1.54, 1.807) is 11.3 Å². The number of nitrogens with zero attached hydrogens (tertiary/aromatic N) is 4. The Morgan fingerprint density at radius 2 is 2.20 bits per heavy atom. The summed E-state index contributed by atoms with van der Waals surface area (Å²) in [5.74, 6) is 0.0410. The Morgan fingerprint density at radius 3 is 2.88 bits per heavy atom. The van der Waals surface area contributed by atoms with E-state index in [2.05, 4.69) is 27.1 Å². The average Bonchev–Trinajstić information content (AvgIpc) is 3.35. The van der Waals surface area contributed by atoms with Gasteiger partial charge in [-0.15, -0.1) is 11.3 Å². The third-order valence-electron chi connectivity index (χ3n) is 5.41. The maximum absolute atomic E-state index is 13.1. The van der Waals surface area contributed by atoms with Crippen molar-refractivity contribution in [3.63, 3.8) is 0 Å². The monoisotopic (exact) mass is 353 g/mol. The van der Waals surface area contributed by atoms with E-state index in [-0.39, 0.29) is 5.91 Å². The van der Waals surface area contributed by atoms with Crippen molar-refractivity contribution in [3.8, 4) is 10.6 Å². The van der Waals surface area contributed by atoms with E-state index in [9.17, 15) is 4.79 Å². The number of hydrogen-bond donors (Lipinski definition) is 1. The highest BCUT2D eigenvalue weighted by Gasteiger charge is 2.44. The van der Waals surface area contributed by atoms with Crippen molar-refractivity contribution in [2.75, 3.05) is 20.1 Å². The minimum Gasteiger partial charge on any atom is -0.331 e. The van der Waals surface area contributed by atoms with Crippen LogP contribution >= 0.6 is 11.3 Å². The van der Waals surface area contributed by atoms with Crippen LogP contribution in [0.15, 0.2) is 24.4 Å². The van der Waals surface area contributed by atoms with Crippen LogP contribution in [-0.2, 0) is 0 Å². The summed E-state index contributed by atoms with van der Waals surface area (Å²) in [5, 5.41) is 9.19. The summed E-state index contributed by atoms with van der Waals surface area (Å²) in [6.45, 7) is 3.81. The van der Waals surface area contributed by atoms with Crippen LogP contribution in [0.1, 0.15) is 21.8 Å². The van der Waals surface area contributed by atoms with Gasteiger partial charge in [-0.25, -0.2) is 4.98 Å². The highest BCUT2D eigenvalue weighted by Crippen LogP contribution is 2.33. The van der Waals surface area contributed by atoms with E-state index >= 15 is 0 Å². The summed E-state index contributed by atoms with van der Waals surface area (Å²) in [4.78, 5) is 23.1. The molecule has 4 heterocycles. The third-order valence-corrected chi connectivity index (χ3v) is 6.37. The second-order valence-corrected chi connectivity index (χ2v) is 8.28. The first-order valence-electron chi connectivity index (χ1n) is 8.52. The smallest absolute Gasteiger partial charge is 0.275 e.